The number of halogens is 2. The molecule has 13 heavy (non-hydrogen) atoms. The van der Waals surface area contributed by atoms with E-state index in [1.54, 1.807) is 0 Å². The van der Waals surface area contributed by atoms with Crippen LogP contribution in [0.5, 0.6) is 0 Å². The van der Waals surface area contributed by atoms with Crippen molar-refractivity contribution >= 4 is 6.09 Å². The third kappa shape index (κ3) is 1.02. The van der Waals surface area contributed by atoms with Crippen LogP contribution in [0, 0.1) is 5.41 Å². The zero-order valence-electron chi connectivity index (χ0n) is 7.09. The monoisotopic (exact) mass is 191 g/mol. The fourth-order valence-electron chi connectivity index (χ4n) is 2.21. The van der Waals surface area contributed by atoms with Crippen molar-refractivity contribution in [3.05, 3.63) is 0 Å². The van der Waals surface area contributed by atoms with Crippen molar-refractivity contribution in [2.45, 2.75) is 25.2 Å². The third-order valence-corrected chi connectivity index (χ3v) is 3.32. The first kappa shape index (κ1) is 8.72. The molecule has 5 heteroatoms. The van der Waals surface area contributed by atoms with E-state index in [1.807, 2.05) is 0 Å². The van der Waals surface area contributed by atoms with Gasteiger partial charge in [-0.3, -0.25) is 0 Å². The minimum atomic E-state index is -2.64. The summed E-state index contributed by atoms with van der Waals surface area (Å²) in [5, 5.41) is 8.62. The average Bonchev–Trinajstić information content (AvgIpc) is 2.49. The minimum absolute atomic E-state index is 0.00926. The zero-order valence-corrected chi connectivity index (χ0v) is 7.09. The van der Waals surface area contributed by atoms with Crippen molar-refractivity contribution in [1.29, 1.82) is 0 Å². The van der Waals surface area contributed by atoms with Gasteiger partial charge in [0, 0.05) is 19.5 Å². The molecule has 0 bridgehead atoms. The molecule has 1 unspecified atom stereocenters. The van der Waals surface area contributed by atoms with E-state index < -0.39 is 17.4 Å². The quantitative estimate of drug-likeness (QED) is 0.634. The fourth-order valence-corrected chi connectivity index (χ4v) is 2.21. The molecular weight excluding hydrogens is 180 g/mol. The Hall–Kier alpha value is -0.870. The summed E-state index contributed by atoms with van der Waals surface area (Å²) in [5.74, 6) is -2.64. The van der Waals surface area contributed by atoms with Gasteiger partial charge in [-0.15, -0.1) is 0 Å². The van der Waals surface area contributed by atoms with E-state index in [0.717, 1.165) is 4.90 Å². The molecule has 1 N–H and O–H groups in total. The number of rotatable bonds is 0. The molecule has 1 atom stereocenters. The van der Waals surface area contributed by atoms with Crippen molar-refractivity contribution < 1.29 is 18.7 Å². The number of nitrogens with zero attached hydrogens (tertiary/aromatic N) is 1. The van der Waals surface area contributed by atoms with E-state index in [4.69, 9.17) is 5.11 Å². The fraction of sp³-hybridized carbons (Fsp3) is 0.875. The Balaban J connectivity index is 2.09. The van der Waals surface area contributed by atoms with Crippen LogP contribution in [-0.2, 0) is 0 Å². The van der Waals surface area contributed by atoms with Crippen LogP contribution in [0.1, 0.15) is 19.3 Å². The molecule has 1 aliphatic carbocycles. The number of amides is 1. The van der Waals surface area contributed by atoms with Gasteiger partial charge in [-0.2, -0.15) is 0 Å². The highest BCUT2D eigenvalue weighted by Crippen LogP contribution is 2.58. The van der Waals surface area contributed by atoms with Crippen molar-refractivity contribution in [2.24, 2.45) is 5.41 Å². The first-order valence-electron chi connectivity index (χ1n) is 4.33. The van der Waals surface area contributed by atoms with Crippen LogP contribution in [0.4, 0.5) is 13.6 Å². The van der Waals surface area contributed by atoms with Crippen molar-refractivity contribution in [1.82, 2.24) is 4.90 Å². The van der Waals surface area contributed by atoms with E-state index in [-0.39, 0.29) is 19.5 Å². The van der Waals surface area contributed by atoms with Gasteiger partial charge in [-0.05, 0) is 12.8 Å². The van der Waals surface area contributed by atoms with Crippen LogP contribution in [0.15, 0.2) is 0 Å². The molecule has 2 fully saturated rings. The maximum Gasteiger partial charge on any atom is 0.407 e. The van der Waals surface area contributed by atoms with E-state index in [1.165, 1.54) is 0 Å². The molecule has 0 aromatic rings. The summed E-state index contributed by atoms with van der Waals surface area (Å²) in [6.45, 7) is 0.264. The third-order valence-electron chi connectivity index (χ3n) is 3.32. The summed E-state index contributed by atoms with van der Waals surface area (Å²) in [7, 11) is 0. The van der Waals surface area contributed by atoms with Gasteiger partial charge < -0.3 is 10.0 Å². The molecule has 0 aromatic heterocycles. The maximum absolute atomic E-state index is 13.1. The minimum Gasteiger partial charge on any atom is -0.465 e. The van der Waals surface area contributed by atoms with Crippen LogP contribution < -0.4 is 0 Å². The van der Waals surface area contributed by atoms with Crippen molar-refractivity contribution in [3.63, 3.8) is 0 Å². The Bertz CT molecular complexity index is 257. The summed E-state index contributed by atoms with van der Waals surface area (Å²) in [6.07, 6.45) is -0.393. The lowest BCUT2D eigenvalue weighted by atomic mass is 9.64. The van der Waals surface area contributed by atoms with Crippen molar-refractivity contribution in [3.8, 4) is 0 Å². The molecular formula is C8H11F2NO2. The van der Waals surface area contributed by atoms with Crippen molar-refractivity contribution in [2.75, 3.05) is 13.1 Å². The lowest BCUT2D eigenvalue weighted by molar-refractivity contribution is -0.194. The highest BCUT2D eigenvalue weighted by molar-refractivity contribution is 5.65. The van der Waals surface area contributed by atoms with Crippen LogP contribution in [0.25, 0.3) is 0 Å². The second kappa shape index (κ2) is 2.33. The van der Waals surface area contributed by atoms with Gasteiger partial charge in [0.05, 0.1) is 5.41 Å². The number of hydrogen-bond donors (Lipinski definition) is 1. The first-order chi connectivity index (χ1) is 5.97. The predicted octanol–water partition coefficient (Wildman–Crippen LogP) is 1.79. The standard InChI is InChI=1S/C8H11F2NO2/c9-8(10)2-1-7(8)3-4-11(5-7)6(12)13/h1-5H2,(H,12,13). The molecule has 1 heterocycles. The Kier molecular flexibility index (Phi) is 1.56. The summed E-state index contributed by atoms with van der Waals surface area (Å²) >= 11 is 0. The molecule has 1 saturated carbocycles. The molecule has 2 aliphatic rings. The lowest BCUT2D eigenvalue weighted by Crippen LogP contribution is -2.52. The molecule has 1 saturated heterocycles. The average molecular weight is 191 g/mol. The van der Waals surface area contributed by atoms with Gasteiger partial charge in [-0.1, -0.05) is 0 Å². The van der Waals surface area contributed by atoms with Gasteiger partial charge in [0.15, 0.2) is 0 Å². The highest BCUT2D eigenvalue weighted by atomic mass is 19.3. The molecule has 0 aromatic carbocycles. The Labute approximate surface area is 74.3 Å². The summed E-state index contributed by atoms with van der Waals surface area (Å²) < 4.78 is 26.2. The van der Waals surface area contributed by atoms with E-state index in [9.17, 15) is 13.6 Å². The zero-order chi connectivity index (χ0) is 9.69. The molecule has 1 aliphatic heterocycles. The molecule has 0 radical (unpaired) electrons. The normalized spacial score (nSPS) is 36.3. The van der Waals surface area contributed by atoms with Crippen LogP contribution in [-0.4, -0.2) is 35.1 Å². The summed E-state index contributed by atoms with van der Waals surface area (Å²) in [5.41, 5.74) is -1.02. The first-order valence-corrected chi connectivity index (χ1v) is 4.33. The van der Waals surface area contributed by atoms with E-state index in [0.29, 0.717) is 12.8 Å². The Morgan fingerprint density at radius 3 is 2.23 bits per heavy atom. The van der Waals surface area contributed by atoms with E-state index >= 15 is 0 Å². The number of likely N-dealkylation sites (tertiary alicyclic amines) is 1. The van der Waals surface area contributed by atoms with Gasteiger partial charge in [0.2, 0.25) is 0 Å². The van der Waals surface area contributed by atoms with Gasteiger partial charge in [0.1, 0.15) is 0 Å². The predicted molar refractivity (Wildman–Crippen MR) is 40.8 cm³/mol. The largest absolute Gasteiger partial charge is 0.465 e. The second-order valence-electron chi connectivity index (χ2n) is 3.94. The SMILES string of the molecule is O=C(O)N1CCC2(CCC2(F)F)C1. The van der Waals surface area contributed by atoms with Crippen LogP contribution in [0.2, 0.25) is 0 Å². The summed E-state index contributed by atoms with van der Waals surface area (Å²) in [4.78, 5) is 11.6. The lowest BCUT2D eigenvalue weighted by Gasteiger charge is -2.46. The van der Waals surface area contributed by atoms with Crippen LogP contribution >= 0.6 is 0 Å². The maximum atomic E-state index is 13.1. The Morgan fingerprint density at radius 1 is 1.31 bits per heavy atom. The smallest absolute Gasteiger partial charge is 0.407 e. The molecule has 1 spiro atoms. The molecule has 1 amide bonds. The number of hydrogen-bond acceptors (Lipinski definition) is 1. The number of carboxylic acid groups (broad SMARTS) is 1. The Morgan fingerprint density at radius 2 is 2.00 bits per heavy atom. The number of alkyl halides is 2. The summed E-state index contributed by atoms with van der Waals surface area (Å²) in [6, 6.07) is 0. The molecule has 74 valence electrons. The van der Waals surface area contributed by atoms with E-state index in [2.05, 4.69) is 0 Å². The molecule has 2 rings (SSSR count). The van der Waals surface area contributed by atoms with Crippen LogP contribution in [0.3, 0.4) is 0 Å². The molecule has 3 nitrogen and oxygen atoms in total. The van der Waals surface area contributed by atoms with Gasteiger partial charge in [-0.25, -0.2) is 13.6 Å². The van der Waals surface area contributed by atoms with Gasteiger partial charge >= 0.3 is 6.09 Å². The topological polar surface area (TPSA) is 40.5 Å². The highest BCUT2D eigenvalue weighted by Gasteiger charge is 2.64. The van der Waals surface area contributed by atoms with Gasteiger partial charge in [0.25, 0.3) is 5.92 Å². The number of carbonyl (C=O) groups is 1. The second-order valence-corrected chi connectivity index (χ2v) is 3.94.